The molecule has 28 nitrogen and oxygen atoms in total. The van der Waals surface area contributed by atoms with Crippen LogP contribution in [0.15, 0.2) is 11.6 Å². The first-order valence-corrected chi connectivity index (χ1v) is 31.5. The van der Waals surface area contributed by atoms with Gasteiger partial charge in [-0.3, -0.25) is 0 Å². The minimum atomic E-state index is -1.93. The molecule has 510 valence electrons. The van der Waals surface area contributed by atoms with Crippen LogP contribution in [0.25, 0.3) is 0 Å². The van der Waals surface area contributed by atoms with Gasteiger partial charge in [-0.25, -0.2) is 0 Å². The minimum Gasteiger partial charge on any atom is -0.394 e. The van der Waals surface area contributed by atoms with E-state index in [1.807, 2.05) is 0 Å². The second-order valence-electron chi connectivity index (χ2n) is 28.6. The van der Waals surface area contributed by atoms with Gasteiger partial charge in [-0.2, -0.15) is 0 Å². The van der Waals surface area contributed by atoms with Crippen LogP contribution < -0.4 is 0 Å². The van der Waals surface area contributed by atoms with Gasteiger partial charge >= 0.3 is 0 Å². The Morgan fingerprint density at radius 3 is 1.44 bits per heavy atom. The van der Waals surface area contributed by atoms with Gasteiger partial charge < -0.3 is 139 Å². The van der Waals surface area contributed by atoms with Crippen molar-refractivity contribution in [3.8, 4) is 0 Å². The lowest BCUT2D eigenvalue weighted by Crippen LogP contribution is -2.65. The molecule has 0 radical (unpaired) electrons. The van der Waals surface area contributed by atoms with E-state index < -0.39 is 210 Å². The molecule has 5 heterocycles. The van der Waals surface area contributed by atoms with E-state index in [1.54, 1.807) is 13.8 Å². The Hall–Kier alpha value is -1.38. The Balaban J connectivity index is 0.871. The maximum absolute atomic E-state index is 11.8. The van der Waals surface area contributed by atoms with Crippen LogP contribution >= 0.6 is 0 Å². The molecule has 28 heteroatoms. The zero-order chi connectivity index (χ0) is 64.7. The molecule has 0 bridgehead atoms. The first-order chi connectivity index (χ1) is 41.2. The summed E-state index contributed by atoms with van der Waals surface area (Å²) in [6.45, 7) is 13.5. The Morgan fingerprint density at radius 1 is 0.500 bits per heavy atom. The van der Waals surface area contributed by atoms with Crippen molar-refractivity contribution in [1.82, 2.24) is 0 Å². The highest BCUT2D eigenvalue weighted by Crippen LogP contribution is 2.75. The summed E-state index contributed by atoms with van der Waals surface area (Å²) in [5.41, 5.74) is -1.21. The number of fused-ring (bicyclic) bond motifs is 5. The molecule has 3 unspecified atom stereocenters. The zero-order valence-corrected chi connectivity index (χ0v) is 51.5. The normalized spacial score (nSPS) is 51.4. The summed E-state index contributed by atoms with van der Waals surface area (Å²) < 4.78 is 59.5. The first kappa shape index (κ1) is 70.9. The molecule has 5 saturated heterocycles. The van der Waals surface area contributed by atoms with Gasteiger partial charge in [0.05, 0.1) is 50.8 Å². The van der Waals surface area contributed by atoms with Crippen molar-refractivity contribution >= 4 is 0 Å². The molecule has 5 aliphatic heterocycles. The summed E-state index contributed by atoms with van der Waals surface area (Å²) in [6, 6.07) is 0. The third-order valence-corrected chi connectivity index (χ3v) is 22.8. The third-order valence-electron chi connectivity index (χ3n) is 22.8. The van der Waals surface area contributed by atoms with E-state index in [1.165, 1.54) is 5.57 Å². The Morgan fingerprint density at radius 2 is 0.943 bits per heavy atom. The van der Waals surface area contributed by atoms with Crippen LogP contribution in [0.2, 0.25) is 0 Å². The lowest BCUT2D eigenvalue weighted by atomic mass is 9.39. The Labute approximate surface area is 512 Å². The van der Waals surface area contributed by atoms with Crippen LogP contribution in [0, 0.1) is 45.3 Å². The summed E-state index contributed by atoms with van der Waals surface area (Å²) in [5.74, 6) is 0.828. The summed E-state index contributed by atoms with van der Waals surface area (Å²) in [4.78, 5) is 0. The number of hydrogen-bond acceptors (Lipinski definition) is 28. The van der Waals surface area contributed by atoms with Crippen molar-refractivity contribution in [2.75, 3.05) is 33.0 Å². The van der Waals surface area contributed by atoms with E-state index in [0.29, 0.717) is 18.8 Å². The van der Waals surface area contributed by atoms with Crippen LogP contribution in [-0.2, 0) is 47.4 Å². The smallest absolute Gasteiger partial charge is 0.187 e. The molecule has 9 rings (SSSR count). The summed E-state index contributed by atoms with van der Waals surface area (Å²) in [7, 11) is 0. The monoisotopic (exact) mass is 1270 g/mol. The van der Waals surface area contributed by atoms with E-state index in [4.69, 9.17) is 47.4 Å². The van der Waals surface area contributed by atoms with Crippen molar-refractivity contribution in [2.45, 2.75) is 285 Å². The summed E-state index contributed by atoms with van der Waals surface area (Å²) in [6.07, 6.45) is -33.6. The van der Waals surface area contributed by atoms with Crippen LogP contribution in [0.4, 0.5) is 0 Å². The second kappa shape index (κ2) is 27.4. The number of aliphatic hydroxyl groups is 18. The molecule has 34 atom stereocenters. The predicted octanol–water partition coefficient (Wildman–Crippen LogP) is -4.38. The lowest BCUT2D eigenvalue weighted by Gasteiger charge is -2.66. The lowest BCUT2D eigenvalue weighted by molar-refractivity contribution is -0.380. The molecular formula is C60H102O28. The van der Waals surface area contributed by atoms with E-state index in [9.17, 15) is 91.9 Å². The van der Waals surface area contributed by atoms with Crippen LogP contribution in [0.3, 0.4) is 0 Å². The van der Waals surface area contributed by atoms with Crippen molar-refractivity contribution in [3.63, 3.8) is 0 Å². The molecule has 0 spiro atoms. The van der Waals surface area contributed by atoms with Gasteiger partial charge in [0.25, 0.3) is 0 Å². The molecule has 4 aliphatic carbocycles. The fraction of sp³-hybridized carbons (Fsp3) is 0.967. The first-order valence-electron chi connectivity index (χ1n) is 31.5. The molecule has 9 aliphatic rings. The van der Waals surface area contributed by atoms with Crippen molar-refractivity contribution in [2.24, 2.45) is 45.3 Å². The average Bonchev–Trinajstić information content (AvgIpc) is 1.42. The van der Waals surface area contributed by atoms with Gasteiger partial charge in [0.2, 0.25) is 0 Å². The number of aliphatic hydroxyl groups excluding tert-OH is 17. The fourth-order valence-corrected chi connectivity index (χ4v) is 17.0. The average molecular weight is 1270 g/mol. The van der Waals surface area contributed by atoms with E-state index in [-0.39, 0.29) is 40.4 Å². The molecular weight excluding hydrogens is 1170 g/mol. The summed E-state index contributed by atoms with van der Waals surface area (Å²) in [5, 5.41) is 192. The van der Waals surface area contributed by atoms with Crippen LogP contribution in [0.5, 0.6) is 0 Å². The molecule has 0 aromatic carbocycles. The second-order valence-corrected chi connectivity index (χ2v) is 28.6. The van der Waals surface area contributed by atoms with Crippen LogP contribution in [0.1, 0.15) is 113 Å². The highest BCUT2D eigenvalue weighted by atomic mass is 16.8. The Bertz CT molecular complexity index is 2310. The summed E-state index contributed by atoms with van der Waals surface area (Å²) >= 11 is 0. The Kier molecular flexibility index (Phi) is 22.1. The van der Waals surface area contributed by atoms with E-state index in [2.05, 4.69) is 47.6 Å². The highest BCUT2D eigenvalue weighted by Gasteiger charge is 2.68. The van der Waals surface area contributed by atoms with Gasteiger partial charge in [0, 0.05) is 5.41 Å². The molecule has 18 N–H and O–H groups in total. The van der Waals surface area contributed by atoms with Gasteiger partial charge in [0.1, 0.15) is 122 Å². The molecule has 0 aromatic rings. The fourth-order valence-electron chi connectivity index (χ4n) is 17.0. The molecule has 3 saturated carbocycles. The maximum atomic E-state index is 11.8. The third kappa shape index (κ3) is 13.0. The largest absolute Gasteiger partial charge is 0.394 e. The number of rotatable bonds is 20. The van der Waals surface area contributed by atoms with Gasteiger partial charge in [-0.1, -0.05) is 53.2 Å². The number of ether oxygens (including phenoxy) is 10. The van der Waals surface area contributed by atoms with Gasteiger partial charge in [0.15, 0.2) is 31.5 Å². The van der Waals surface area contributed by atoms with Crippen LogP contribution in [-0.4, -0.2) is 296 Å². The van der Waals surface area contributed by atoms with Crippen molar-refractivity contribution in [1.29, 1.82) is 0 Å². The van der Waals surface area contributed by atoms with Crippen molar-refractivity contribution < 1.29 is 139 Å². The molecule has 0 aromatic heterocycles. The predicted molar refractivity (Wildman–Crippen MR) is 299 cm³/mol. The van der Waals surface area contributed by atoms with Crippen molar-refractivity contribution in [3.05, 3.63) is 11.6 Å². The molecule has 88 heavy (non-hydrogen) atoms. The number of allylic oxidation sites excluding steroid dienone is 1. The van der Waals surface area contributed by atoms with Gasteiger partial charge in [-0.05, 0) is 112 Å². The quantitative estimate of drug-likeness (QED) is 0.0512. The maximum Gasteiger partial charge on any atom is 0.187 e. The van der Waals surface area contributed by atoms with E-state index in [0.717, 1.165) is 38.5 Å². The highest BCUT2D eigenvalue weighted by molar-refractivity contribution is 5.30. The standard InChI is InChI=1S/C60H102O28/c1-24(9-13-35(57(4,5)78)87-55-50(88-54-49(77)43(71)38(66)30(21-63)83-54)45(73)40(68)32(85-55)23-80-52-47(75)42(70)37(65)29(20-62)82-52)25-15-16-60(8)33-12-10-26-27(58(33,6)17-18-59(25,60)7)11-14-34(56(26,2)3)86-53-48(76)44(72)39(67)31(84-53)22-79-51-46(74)41(69)36(64)28(19-61)81-51/h10,24-25,27-55,61-78H,9,11-23H2,1-8H3/t24-,25?,27?,28-,29-,30-,31-,32-,33?,34+,35-,36-,37-,38-,39-,40-,41+,42+,43+,44+,45+,46-,47-,48-,49-,50-,51+,52+,53+,54+,55+,58+,59-,60+/m1/s1. The minimum absolute atomic E-state index is 0.0854. The number of hydrogen-bond donors (Lipinski definition) is 18. The zero-order valence-electron chi connectivity index (χ0n) is 51.5. The SMILES string of the molecule is C[C@H](CC[C@@H](O[C@@H]1O[C@H](CO[C@H]2O[C@H](CO)[C@@H](O)[C@H](O)[C@H]2O)[C@@H](O)[C@H](O)[C@H]1O[C@@H]1O[C@H](CO)[C@@H](O)[C@H](O)[C@H]1O)C(C)(C)O)C1CC[C@@]2(C)C3CC=C4C(CC[C@H](O[C@@H]5O[C@H](CO[C@H]6O[C@H](CO)[C@@H](O)[C@H](O)[C@H]6O)[C@@H](O)[C@H](O)[C@H]5O)C4(C)C)[C@]3(C)CC[C@]12C. The van der Waals surface area contributed by atoms with E-state index >= 15 is 0 Å². The topological polar surface area (TPSA) is 456 Å². The van der Waals surface area contributed by atoms with Gasteiger partial charge in [-0.15, -0.1) is 0 Å². The molecule has 8 fully saturated rings. The molecule has 0 amide bonds.